The zero-order valence-corrected chi connectivity index (χ0v) is 13.6. The van der Waals surface area contributed by atoms with Gasteiger partial charge < -0.3 is 5.32 Å². The molecule has 0 spiro atoms. The van der Waals surface area contributed by atoms with E-state index in [0.29, 0.717) is 18.0 Å². The normalized spacial score (nSPS) is 11.5. The van der Waals surface area contributed by atoms with E-state index in [2.05, 4.69) is 18.2 Å². The van der Waals surface area contributed by atoms with Gasteiger partial charge in [-0.25, -0.2) is 8.42 Å². The van der Waals surface area contributed by atoms with Crippen molar-refractivity contribution in [3.8, 4) is 12.3 Å². The highest BCUT2D eigenvalue weighted by Gasteiger charge is 2.25. The Morgan fingerprint density at radius 1 is 1.24 bits per heavy atom. The molecule has 5 heteroatoms. The van der Waals surface area contributed by atoms with Gasteiger partial charge in [0.25, 0.3) is 0 Å². The van der Waals surface area contributed by atoms with Crippen molar-refractivity contribution < 1.29 is 8.42 Å². The Bertz CT molecular complexity index is 576. The van der Waals surface area contributed by atoms with Crippen molar-refractivity contribution in [1.82, 2.24) is 9.62 Å². The van der Waals surface area contributed by atoms with Crippen LogP contribution >= 0.6 is 0 Å². The maximum atomic E-state index is 12.8. The van der Waals surface area contributed by atoms with E-state index in [-0.39, 0.29) is 6.54 Å². The molecule has 1 rings (SSSR count). The summed E-state index contributed by atoms with van der Waals surface area (Å²) in [7, 11) is -3.54. The number of sulfonamides is 1. The molecule has 0 aliphatic carbocycles. The molecule has 0 heterocycles. The SMILES string of the molecule is C#CCN(CCC)S(=O)(=O)c1ccccc1CNCCC. The lowest BCUT2D eigenvalue weighted by atomic mass is 10.2. The third-order valence-electron chi connectivity index (χ3n) is 3.07. The Morgan fingerprint density at radius 2 is 1.95 bits per heavy atom. The van der Waals surface area contributed by atoms with Crippen LogP contribution in [-0.2, 0) is 16.6 Å². The van der Waals surface area contributed by atoms with Crippen molar-refractivity contribution in [1.29, 1.82) is 0 Å². The van der Waals surface area contributed by atoms with Crippen LogP contribution in [0.3, 0.4) is 0 Å². The standard InChI is InChI=1S/C16H24N2O2S/c1-4-11-17-14-15-9-7-8-10-16(15)21(19,20)18(12-5-2)13-6-3/h2,7-10,17H,4,6,11-14H2,1,3H3. The number of nitrogens with one attached hydrogen (secondary N) is 1. The molecule has 0 saturated heterocycles. The highest BCUT2D eigenvalue weighted by atomic mass is 32.2. The maximum Gasteiger partial charge on any atom is 0.244 e. The summed E-state index contributed by atoms with van der Waals surface area (Å²) in [6, 6.07) is 7.09. The van der Waals surface area contributed by atoms with E-state index in [9.17, 15) is 8.42 Å². The summed E-state index contributed by atoms with van der Waals surface area (Å²) in [5, 5.41) is 3.24. The van der Waals surface area contributed by atoms with Gasteiger partial charge in [-0.05, 0) is 31.0 Å². The summed E-state index contributed by atoms with van der Waals surface area (Å²) in [5.74, 6) is 2.43. The smallest absolute Gasteiger partial charge is 0.244 e. The molecular weight excluding hydrogens is 284 g/mol. The minimum atomic E-state index is -3.54. The zero-order valence-electron chi connectivity index (χ0n) is 12.8. The summed E-state index contributed by atoms with van der Waals surface area (Å²) >= 11 is 0. The summed E-state index contributed by atoms with van der Waals surface area (Å²) in [6.45, 7) is 5.95. The molecule has 0 fully saturated rings. The van der Waals surface area contributed by atoms with Crippen molar-refractivity contribution in [2.45, 2.75) is 38.1 Å². The van der Waals surface area contributed by atoms with E-state index in [0.717, 1.165) is 24.9 Å². The third-order valence-corrected chi connectivity index (χ3v) is 5.02. The monoisotopic (exact) mass is 308 g/mol. The van der Waals surface area contributed by atoms with Gasteiger partial charge in [-0.15, -0.1) is 6.42 Å². The average Bonchev–Trinajstić information content (AvgIpc) is 2.47. The first-order chi connectivity index (χ1) is 10.1. The van der Waals surface area contributed by atoms with Crippen molar-refractivity contribution in [2.75, 3.05) is 19.6 Å². The van der Waals surface area contributed by atoms with E-state index in [1.807, 2.05) is 19.1 Å². The van der Waals surface area contributed by atoms with Crippen LogP contribution in [-0.4, -0.2) is 32.4 Å². The Kier molecular flexibility index (Phi) is 7.44. The molecule has 0 aromatic heterocycles. The molecular formula is C16H24N2O2S. The van der Waals surface area contributed by atoms with Gasteiger partial charge in [0.15, 0.2) is 0 Å². The first kappa shape index (κ1) is 17.7. The largest absolute Gasteiger partial charge is 0.313 e. The molecule has 21 heavy (non-hydrogen) atoms. The highest BCUT2D eigenvalue weighted by molar-refractivity contribution is 7.89. The van der Waals surface area contributed by atoms with Gasteiger partial charge >= 0.3 is 0 Å². The second-order valence-electron chi connectivity index (χ2n) is 4.83. The fraction of sp³-hybridized carbons (Fsp3) is 0.500. The van der Waals surface area contributed by atoms with Gasteiger partial charge in [-0.1, -0.05) is 38.0 Å². The van der Waals surface area contributed by atoms with Gasteiger partial charge in [0.2, 0.25) is 10.0 Å². The van der Waals surface area contributed by atoms with Crippen LogP contribution in [0.15, 0.2) is 29.2 Å². The van der Waals surface area contributed by atoms with Crippen LogP contribution in [0.4, 0.5) is 0 Å². The van der Waals surface area contributed by atoms with Gasteiger partial charge in [0.05, 0.1) is 11.4 Å². The van der Waals surface area contributed by atoms with E-state index in [1.165, 1.54) is 4.31 Å². The van der Waals surface area contributed by atoms with E-state index in [4.69, 9.17) is 6.42 Å². The molecule has 1 aromatic rings. The quantitative estimate of drug-likeness (QED) is 0.562. The Hall–Kier alpha value is -1.35. The summed E-state index contributed by atoms with van der Waals surface area (Å²) in [5.41, 5.74) is 0.782. The Morgan fingerprint density at radius 3 is 2.57 bits per heavy atom. The third kappa shape index (κ3) is 4.85. The molecule has 1 N–H and O–H groups in total. The summed E-state index contributed by atoms with van der Waals surface area (Å²) < 4.78 is 26.9. The molecule has 116 valence electrons. The van der Waals surface area contributed by atoms with Gasteiger partial charge in [0, 0.05) is 13.1 Å². The summed E-state index contributed by atoms with van der Waals surface area (Å²) in [6.07, 6.45) is 7.04. The minimum absolute atomic E-state index is 0.104. The molecule has 4 nitrogen and oxygen atoms in total. The van der Waals surface area contributed by atoms with Gasteiger partial charge in [-0.3, -0.25) is 0 Å². The summed E-state index contributed by atoms with van der Waals surface area (Å²) in [4.78, 5) is 0.345. The van der Waals surface area contributed by atoms with Crippen LogP contribution < -0.4 is 5.32 Å². The lowest BCUT2D eigenvalue weighted by molar-refractivity contribution is 0.444. The molecule has 0 radical (unpaired) electrons. The van der Waals surface area contributed by atoms with Crippen molar-refractivity contribution >= 4 is 10.0 Å². The number of hydrogen-bond acceptors (Lipinski definition) is 3. The van der Waals surface area contributed by atoms with Crippen molar-refractivity contribution in [2.24, 2.45) is 0 Å². The predicted molar refractivity (Wildman–Crippen MR) is 86.3 cm³/mol. The van der Waals surface area contributed by atoms with Crippen LogP contribution in [0.1, 0.15) is 32.3 Å². The highest BCUT2D eigenvalue weighted by Crippen LogP contribution is 2.20. The first-order valence-corrected chi connectivity index (χ1v) is 8.74. The van der Waals surface area contributed by atoms with Crippen LogP contribution in [0.25, 0.3) is 0 Å². The van der Waals surface area contributed by atoms with Gasteiger partial charge in [0.1, 0.15) is 0 Å². The van der Waals surface area contributed by atoms with Crippen molar-refractivity contribution in [3.63, 3.8) is 0 Å². The molecule has 0 bridgehead atoms. The molecule has 0 aliphatic heterocycles. The number of terminal acetylenes is 1. The topological polar surface area (TPSA) is 49.4 Å². The van der Waals surface area contributed by atoms with Crippen LogP contribution in [0.2, 0.25) is 0 Å². The first-order valence-electron chi connectivity index (χ1n) is 7.30. The molecule has 0 saturated carbocycles. The van der Waals surface area contributed by atoms with Crippen molar-refractivity contribution in [3.05, 3.63) is 29.8 Å². The Labute approximate surface area is 128 Å². The Balaban J connectivity index is 3.09. The second kappa shape index (κ2) is 8.83. The number of rotatable bonds is 9. The van der Waals surface area contributed by atoms with E-state index >= 15 is 0 Å². The van der Waals surface area contributed by atoms with E-state index < -0.39 is 10.0 Å². The molecule has 0 amide bonds. The number of nitrogens with zero attached hydrogens (tertiary/aromatic N) is 1. The van der Waals surface area contributed by atoms with Crippen LogP contribution in [0.5, 0.6) is 0 Å². The number of hydrogen-bond donors (Lipinski definition) is 1. The maximum absolute atomic E-state index is 12.8. The van der Waals surface area contributed by atoms with E-state index in [1.54, 1.807) is 12.1 Å². The lowest BCUT2D eigenvalue weighted by Gasteiger charge is -2.21. The molecule has 0 atom stereocenters. The second-order valence-corrected chi connectivity index (χ2v) is 6.73. The fourth-order valence-corrected chi connectivity index (χ4v) is 3.74. The zero-order chi connectivity index (χ0) is 15.7. The van der Waals surface area contributed by atoms with Gasteiger partial charge in [-0.2, -0.15) is 4.31 Å². The lowest BCUT2D eigenvalue weighted by Crippen LogP contribution is -2.33. The molecule has 0 unspecified atom stereocenters. The minimum Gasteiger partial charge on any atom is -0.313 e. The average molecular weight is 308 g/mol. The predicted octanol–water partition coefficient (Wildman–Crippen LogP) is 2.22. The molecule has 1 aromatic carbocycles. The van der Waals surface area contributed by atoms with Crippen LogP contribution in [0, 0.1) is 12.3 Å². The molecule has 0 aliphatic rings. The number of benzene rings is 1. The fourth-order valence-electron chi connectivity index (χ4n) is 2.08.